The molecule has 7 nitrogen and oxygen atoms in total. The summed E-state index contributed by atoms with van der Waals surface area (Å²) in [6.07, 6.45) is 1.84. The van der Waals surface area contributed by atoms with E-state index in [-0.39, 0.29) is 17.5 Å². The van der Waals surface area contributed by atoms with Crippen LogP contribution in [0.5, 0.6) is 0 Å². The van der Waals surface area contributed by atoms with Crippen molar-refractivity contribution in [3.05, 3.63) is 42.0 Å². The molecule has 0 amide bonds. The van der Waals surface area contributed by atoms with E-state index in [4.69, 9.17) is 5.73 Å². The fourth-order valence-electron chi connectivity index (χ4n) is 1.70. The predicted molar refractivity (Wildman–Crippen MR) is 74.3 cm³/mol. The van der Waals surface area contributed by atoms with Crippen molar-refractivity contribution in [2.45, 2.75) is 24.3 Å². The van der Waals surface area contributed by atoms with Gasteiger partial charge >= 0.3 is 0 Å². The molecule has 8 heteroatoms. The second kappa shape index (κ2) is 6.12. The van der Waals surface area contributed by atoms with Crippen molar-refractivity contribution in [2.75, 3.05) is 6.54 Å². The van der Waals surface area contributed by atoms with Gasteiger partial charge in [-0.25, -0.2) is 18.1 Å². The molecule has 20 heavy (non-hydrogen) atoms. The van der Waals surface area contributed by atoms with Gasteiger partial charge in [0.1, 0.15) is 12.2 Å². The maximum absolute atomic E-state index is 12.1. The fourth-order valence-corrected chi connectivity index (χ4v) is 2.79. The minimum Gasteiger partial charge on any atom is -0.324 e. The zero-order valence-electron chi connectivity index (χ0n) is 11.1. The third-order valence-corrected chi connectivity index (χ3v) is 4.27. The summed E-state index contributed by atoms with van der Waals surface area (Å²) in [6.45, 7) is 2.06. The summed E-state index contributed by atoms with van der Waals surface area (Å²) < 4.78 is 26.8. The van der Waals surface area contributed by atoms with Crippen LogP contribution >= 0.6 is 0 Å². The largest absolute Gasteiger partial charge is 0.324 e. The van der Waals surface area contributed by atoms with Gasteiger partial charge in [0.25, 0.3) is 0 Å². The molecule has 0 spiro atoms. The van der Waals surface area contributed by atoms with Crippen molar-refractivity contribution in [2.24, 2.45) is 5.73 Å². The van der Waals surface area contributed by atoms with Crippen LogP contribution in [0.1, 0.15) is 24.4 Å². The second-order valence-electron chi connectivity index (χ2n) is 4.44. The Labute approximate surface area is 117 Å². The number of nitrogens with two attached hydrogens (primary N) is 1. The molecule has 108 valence electrons. The smallest absolute Gasteiger partial charge is 0.240 e. The predicted octanol–water partition coefficient (Wildman–Crippen LogP) is 0.345. The number of rotatable bonds is 6. The molecule has 1 aromatic carbocycles. The first-order valence-electron chi connectivity index (χ1n) is 6.18. The van der Waals surface area contributed by atoms with Gasteiger partial charge in [0, 0.05) is 19.0 Å². The third kappa shape index (κ3) is 3.62. The van der Waals surface area contributed by atoms with Gasteiger partial charge in [-0.3, -0.25) is 5.10 Å². The first-order chi connectivity index (χ1) is 9.49. The maximum atomic E-state index is 12.1. The number of benzene rings is 1. The van der Waals surface area contributed by atoms with E-state index in [9.17, 15) is 8.42 Å². The van der Waals surface area contributed by atoms with Crippen LogP contribution in [0.25, 0.3) is 0 Å². The molecule has 0 saturated carbocycles. The van der Waals surface area contributed by atoms with Crippen LogP contribution < -0.4 is 10.5 Å². The molecular formula is C12H17N5O2S. The molecule has 0 aliphatic heterocycles. The molecule has 2 aromatic rings. The zero-order chi connectivity index (χ0) is 14.6. The van der Waals surface area contributed by atoms with Gasteiger partial charge in [-0.15, -0.1) is 0 Å². The Hall–Kier alpha value is -1.77. The molecule has 0 bridgehead atoms. The Kier molecular flexibility index (Phi) is 4.48. The van der Waals surface area contributed by atoms with Crippen LogP contribution in [0.3, 0.4) is 0 Å². The molecule has 1 heterocycles. The molecule has 2 rings (SSSR count). The Balaban J connectivity index is 2.04. The van der Waals surface area contributed by atoms with E-state index in [0.717, 1.165) is 5.56 Å². The third-order valence-electron chi connectivity index (χ3n) is 2.81. The summed E-state index contributed by atoms with van der Waals surface area (Å²) in [5, 5.41) is 6.37. The van der Waals surface area contributed by atoms with E-state index in [1.54, 1.807) is 24.3 Å². The Morgan fingerprint density at radius 2 is 2.25 bits per heavy atom. The van der Waals surface area contributed by atoms with Crippen LogP contribution in [-0.4, -0.2) is 30.1 Å². The van der Waals surface area contributed by atoms with Gasteiger partial charge in [-0.1, -0.05) is 12.1 Å². The molecule has 0 saturated heterocycles. The van der Waals surface area contributed by atoms with Gasteiger partial charge in [0.2, 0.25) is 10.0 Å². The Morgan fingerprint density at radius 3 is 2.90 bits per heavy atom. The van der Waals surface area contributed by atoms with Crippen LogP contribution in [0.2, 0.25) is 0 Å². The molecule has 1 unspecified atom stereocenters. The first-order valence-corrected chi connectivity index (χ1v) is 7.67. The Morgan fingerprint density at radius 1 is 1.45 bits per heavy atom. The highest BCUT2D eigenvalue weighted by molar-refractivity contribution is 7.89. The van der Waals surface area contributed by atoms with E-state index in [1.807, 2.05) is 6.92 Å². The zero-order valence-corrected chi connectivity index (χ0v) is 11.9. The molecule has 0 radical (unpaired) electrons. The van der Waals surface area contributed by atoms with Crippen molar-refractivity contribution >= 4 is 10.0 Å². The van der Waals surface area contributed by atoms with Crippen LogP contribution in [0.4, 0.5) is 0 Å². The van der Waals surface area contributed by atoms with E-state index in [2.05, 4.69) is 19.9 Å². The quantitative estimate of drug-likeness (QED) is 0.711. The number of hydrogen-bond donors (Lipinski definition) is 3. The number of sulfonamides is 1. The Bertz CT molecular complexity index is 652. The van der Waals surface area contributed by atoms with E-state index in [1.165, 1.54) is 6.33 Å². The first kappa shape index (κ1) is 14.6. The monoisotopic (exact) mass is 295 g/mol. The minimum atomic E-state index is -3.54. The highest BCUT2D eigenvalue weighted by Gasteiger charge is 2.14. The van der Waals surface area contributed by atoms with Crippen molar-refractivity contribution < 1.29 is 8.42 Å². The van der Waals surface area contributed by atoms with Crippen LogP contribution in [0, 0.1) is 0 Å². The number of aromatic amines is 1. The lowest BCUT2D eigenvalue weighted by atomic mass is 10.1. The fraction of sp³-hybridized carbons (Fsp3) is 0.333. The van der Waals surface area contributed by atoms with Gasteiger partial charge in [-0.2, -0.15) is 5.10 Å². The lowest BCUT2D eigenvalue weighted by Gasteiger charge is -2.09. The standard InChI is InChI=1S/C12H17N5O2S/c1-9(13)10-3-2-4-11(7-10)20(18,19)16-6-5-12-14-8-15-17-12/h2-4,7-9,16H,5-6,13H2,1H3,(H,14,15,17). The highest BCUT2D eigenvalue weighted by atomic mass is 32.2. The van der Waals surface area contributed by atoms with E-state index in [0.29, 0.717) is 12.2 Å². The summed E-state index contributed by atoms with van der Waals surface area (Å²) >= 11 is 0. The molecule has 1 atom stereocenters. The maximum Gasteiger partial charge on any atom is 0.240 e. The average molecular weight is 295 g/mol. The molecular weight excluding hydrogens is 278 g/mol. The summed E-state index contributed by atoms with van der Waals surface area (Å²) in [4.78, 5) is 4.14. The van der Waals surface area contributed by atoms with Crippen molar-refractivity contribution in [1.82, 2.24) is 19.9 Å². The van der Waals surface area contributed by atoms with Crippen molar-refractivity contribution in [3.63, 3.8) is 0 Å². The molecule has 0 aliphatic rings. The number of aromatic nitrogens is 3. The van der Waals surface area contributed by atoms with Gasteiger partial charge in [-0.05, 0) is 24.6 Å². The minimum absolute atomic E-state index is 0.209. The van der Waals surface area contributed by atoms with Gasteiger partial charge in [0.15, 0.2) is 0 Å². The second-order valence-corrected chi connectivity index (χ2v) is 6.21. The lowest BCUT2D eigenvalue weighted by molar-refractivity contribution is 0.580. The topological polar surface area (TPSA) is 114 Å². The average Bonchev–Trinajstić information content (AvgIpc) is 2.92. The SMILES string of the molecule is CC(N)c1cccc(S(=O)(=O)NCCc2ncn[nH]2)c1. The van der Waals surface area contributed by atoms with Crippen LogP contribution in [0.15, 0.2) is 35.5 Å². The number of nitrogens with zero attached hydrogens (tertiary/aromatic N) is 2. The molecule has 0 fully saturated rings. The van der Waals surface area contributed by atoms with Gasteiger partial charge < -0.3 is 5.73 Å². The number of H-pyrrole nitrogens is 1. The number of hydrogen-bond acceptors (Lipinski definition) is 5. The summed E-state index contributed by atoms with van der Waals surface area (Å²) in [5.41, 5.74) is 6.54. The summed E-state index contributed by atoms with van der Waals surface area (Å²) in [6, 6.07) is 6.41. The summed E-state index contributed by atoms with van der Waals surface area (Å²) in [7, 11) is -3.54. The number of nitrogens with one attached hydrogen (secondary N) is 2. The van der Waals surface area contributed by atoms with Crippen molar-refractivity contribution in [1.29, 1.82) is 0 Å². The highest BCUT2D eigenvalue weighted by Crippen LogP contribution is 2.15. The normalized spacial score (nSPS) is 13.3. The lowest BCUT2D eigenvalue weighted by Crippen LogP contribution is -2.26. The molecule has 4 N–H and O–H groups in total. The van der Waals surface area contributed by atoms with Crippen molar-refractivity contribution in [3.8, 4) is 0 Å². The van der Waals surface area contributed by atoms with E-state index >= 15 is 0 Å². The molecule has 1 aromatic heterocycles. The molecule has 0 aliphatic carbocycles. The summed E-state index contributed by atoms with van der Waals surface area (Å²) in [5.74, 6) is 0.636. The van der Waals surface area contributed by atoms with E-state index < -0.39 is 10.0 Å². The van der Waals surface area contributed by atoms with Crippen LogP contribution in [-0.2, 0) is 16.4 Å². The van der Waals surface area contributed by atoms with Gasteiger partial charge in [0.05, 0.1) is 4.90 Å².